The van der Waals surface area contributed by atoms with Crippen LogP contribution in [0.3, 0.4) is 0 Å². The number of benzene rings is 1. The Morgan fingerprint density at radius 1 is 1.24 bits per heavy atom. The monoisotopic (exact) mass is 239 g/mol. The Labute approximate surface area is 92.7 Å². The zero-order valence-electron chi connectivity index (χ0n) is 8.21. The summed E-state index contributed by atoms with van der Waals surface area (Å²) < 4.78 is 43.1. The maximum absolute atomic E-state index is 12.8. The van der Waals surface area contributed by atoms with Gasteiger partial charge in [-0.1, -0.05) is 18.2 Å². The third kappa shape index (κ3) is 1.76. The van der Waals surface area contributed by atoms with Crippen LogP contribution in [-0.2, 0) is 6.18 Å². The maximum atomic E-state index is 12.8. The van der Waals surface area contributed by atoms with Gasteiger partial charge < -0.3 is 4.42 Å². The van der Waals surface area contributed by atoms with E-state index in [1.54, 1.807) is 0 Å². The van der Waals surface area contributed by atoms with Gasteiger partial charge in [-0.3, -0.25) is 0 Å². The molecule has 0 bridgehead atoms. The summed E-state index contributed by atoms with van der Waals surface area (Å²) in [7, 11) is 0. The van der Waals surface area contributed by atoms with Crippen molar-refractivity contribution < 1.29 is 17.6 Å². The van der Waals surface area contributed by atoms with Gasteiger partial charge in [0.25, 0.3) is 0 Å². The highest BCUT2D eigenvalue weighted by Crippen LogP contribution is 2.35. The van der Waals surface area contributed by atoms with E-state index in [9.17, 15) is 18.0 Å². The van der Waals surface area contributed by atoms with Gasteiger partial charge in [-0.05, 0) is 6.07 Å². The van der Waals surface area contributed by atoms with Crippen molar-refractivity contribution in [2.24, 2.45) is 0 Å². The molecule has 0 atom stereocenters. The van der Waals surface area contributed by atoms with Gasteiger partial charge in [-0.25, -0.2) is 4.79 Å². The number of hydrogen-bond donors (Lipinski definition) is 0. The number of nitrogens with zero attached hydrogens (tertiary/aromatic N) is 1. The molecule has 0 unspecified atom stereocenters. The summed E-state index contributed by atoms with van der Waals surface area (Å²) in [6.45, 7) is 0. The van der Waals surface area contributed by atoms with Crippen LogP contribution >= 0.6 is 0 Å². The second-order valence-electron chi connectivity index (χ2n) is 3.25. The first kappa shape index (κ1) is 11.2. The average Bonchev–Trinajstić information content (AvgIpc) is 2.25. The first-order valence-corrected chi connectivity index (χ1v) is 4.48. The van der Waals surface area contributed by atoms with E-state index >= 15 is 0 Å². The normalized spacial score (nSPS) is 11.4. The van der Waals surface area contributed by atoms with Crippen LogP contribution in [0.2, 0.25) is 0 Å². The standard InChI is InChI=1S/C11H4F3NO2/c12-11(13,14)9-6-3-1-2-4-8(6)17-10(16)7(9)5-15/h1-4H. The molecule has 0 saturated heterocycles. The van der Waals surface area contributed by atoms with Gasteiger partial charge in [0.15, 0.2) is 5.56 Å². The highest BCUT2D eigenvalue weighted by molar-refractivity contribution is 5.82. The average molecular weight is 239 g/mol. The number of para-hydroxylation sites is 1. The minimum absolute atomic E-state index is 0.191. The molecule has 0 saturated carbocycles. The van der Waals surface area contributed by atoms with Crippen LogP contribution in [0.15, 0.2) is 33.5 Å². The number of nitriles is 1. The van der Waals surface area contributed by atoms with Gasteiger partial charge in [0, 0.05) is 5.39 Å². The second kappa shape index (κ2) is 3.63. The molecule has 0 amide bonds. The lowest BCUT2D eigenvalue weighted by molar-refractivity contribution is -0.136. The third-order valence-corrected chi connectivity index (χ3v) is 2.21. The highest BCUT2D eigenvalue weighted by Gasteiger charge is 2.37. The molecule has 6 heteroatoms. The Balaban J connectivity index is 3.05. The SMILES string of the molecule is N#Cc1c(C(F)(F)F)c2ccccc2oc1=O. The Bertz CT molecular complexity index is 680. The lowest BCUT2D eigenvalue weighted by Gasteiger charge is -2.10. The van der Waals surface area contributed by atoms with E-state index in [1.165, 1.54) is 24.3 Å². The van der Waals surface area contributed by atoms with Crippen molar-refractivity contribution in [1.82, 2.24) is 0 Å². The Morgan fingerprint density at radius 3 is 2.47 bits per heavy atom. The topological polar surface area (TPSA) is 54.0 Å². The summed E-state index contributed by atoms with van der Waals surface area (Å²) in [6.07, 6.45) is -4.78. The Kier molecular flexibility index (Phi) is 2.39. The van der Waals surface area contributed by atoms with Crippen molar-refractivity contribution in [2.75, 3.05) is 0 Å². The van der Waals surface area contributed by atoms with Gasteiger partial charge >= 0.3 is 11.8 Å². The van der Waals surface area contributed by atoms with Gasteiger partial charge in [0.2, 0.25) is 0 Å². The Hall–Kier alpha value is -2.29. The van der Waals surface area contributed by atoms with E-state index in [-0.39, 0.29) is 11.0 Å². The fourth-order valence-electron chi connectivity index (χ4n) is 1.55. The molecule has 3 nitrogen and oxygen atoms in total. The summed E-state index contributed by atoms with van der Waals surface area (Å²) in [4.78, 5) is 11.2. The minimum Gasteiger partial charge on any atom is -0.422 e. The predicted octanol–water partition coefficient (Wildman–Crippen LogP) is 2.68. The molecule has 1 aromatic heterocycles. The summed E-state index contributed by atoms with van der Waals surface area (Å²) >= 11 is 0. The first-order valence-electron chi connectivity index (χ1n) is 4.48. The molecule has 0 N–H and O–H groups in total. The van der Waals surface area contributed by atoms with Crippen LogP contribution in [0.1, 0.15) is 11.1 Å². The lowest BCUT2D eigenvalue weighted by atomic mass is 10.1. The summed E-state index contributed by atoms with van der Waals surface area (Å²) in [5.41, 5.74) is -3.73. The van der Waals surface area contributed by atoms with Crippen LogP contribution in [-0.4, -0.2) is 0 Å². The molecular weight excluding hydrogens is 235 g/mol. The van der Waals surface area contributed by atoms with Crippen molar-refractivity contribution in [2.45, 2.75) is 6.18 Å². The number of fused-ring (bicyclic) bond motifs is 1. The highest BCUT2D eigenvalue weighted by atomic mass is 19.4. The lowest BCUT2D eigenvalue weighted by Crippen LogP contribution is -2.16. The molecule has 1 heterocycles. The molecule has 0 radical (unpaired) electrons. The molecule has 17 heavy (non-hydrogen) atoms. The molecule has 0 aliphatic heterocycles. The molecule has 2 rings (SSSR count). The fraction of sp³-hybridized carbons (Fsp3) is 0.0909. The molecule has 0 aliphatic rings. The minimum atomic E-state index is -4.78. The van der Waals surface area contributed by atoms with E-state index in [1.807, 2.05) is 0 Å². The zero-order valence-corrected chi connectivity index (χ0v) is 8.21. The molecule has 2 aromatic rings. The maximum Gasteiger partial charge on any atom is 0.418 e. The quantitative estimate of drug-likeness (QED) is 0.664. The molecule has 86 valence electrons. The fourth-order valence-corrected chi connectivity index (χ4v) is 1.55. The number of halogens is 3. The number of rotatable bonds is 0. The van der Waals surface area contributed by atoms with E-state index < -0.39 is 22.9 Å². The predicted molar refractivity (Wildman–Crippen MR) is 52.2 cm³/mol. The Morgan fingerprint density at radius 2 is 1.88 bits per heavy atom. The van der Waals surface area contributed by atoms with Crippen LogP contribution in [0, 0.1) is 11.3 Å². The number of alkyl halides is 3. The van der Waals surface area contributed by atoms with E-state index in [4.69, 9.17) is 5.26 Å². The summed E-state index contributed by atoms with van der Waals surface area (Å²) in [5.74, 6) is 0. The second-order valence-corrected chi connectivity index (χ2v) is 3.25. The zero-order chi connectivity index (χ0) is 12.6. The smallest absolute Gasteiger partial charge is 0.418 e. The van der Waals surface area contributed by atoms with Crippen LogP contribution in [0.5, 0.6) is 0 Å². The van der Waals surface area contributed by atoms with Crippen molar-refractivity contribution in [3.8, 4) is 6.07 Å². The van der Waals surface area contributed by atoms with E-state index in [0.29, 0.717) is 0 Å². The molecule has 0 spiro atoms. The van der Waals surface area contributed by atoms with E-state index in [2.05, 4.69) is 4.42 Å². The number of hydrogen-bond acceptors (Lipinski definition) is 3. The molecular formula is C11H4F3NO2. The van der Waals surface area contributed by atoms with Gasteiger partial charge in [-0.2, -0.15) is 18.4 Å². The van der Waals surface area contributed by atoms with Gasteiger partial charge in [-0.15, -0.1) is 0 Å². The van der Waals surface area contributed by atoms with Crippen molar-refractivity contribution in [3.63, 3.8) is 0 Å². The molecule has 1 aromatic carbocycles. The van der Waals surface area contributed by atoms with E-state index in [0.717, 1.165) is 6.07 Å². The summed E-state index contributed by atoms with van der Waals surface area (Å²) in [6, 6.07) is 6.45. The van der Waals surface area contributed by atoms with Gasteiger partial charge in [0.05, 0.1) is 5.56 Å². The summed E-state index contributed by atoms with van der Waals surface area (Å²) in [5, 5.41) is 8.32. The van der Waals surface area contributed by atoms with Crippen molar-refractivity contribution in [3.05, 3.63) is 45.8 Å². The third-order valence-electron chi connectivity index (χ3n) is 2.21. The van der Waals surface area contributed by atoms with Crippen molar-refractivity contribution in [1.29, 1.82) is 5.26 Å². The largest absolute Gasteiger partial charge is 0.422 e. The van der Waals surface area contributed by atoms with Crippen molar-refractivity contribution >= 4 is 11.0 Å². The first-order chi connectivity index (χ1) is 7.95. The van der Waals surface area contributed by atoms with Crippen LogP contribution in [0.4, 0.5) is 13.2 Å². The van der Waals surface area contributed by atoms with Gasteiger partial charge in [0.1, 0.15) is 11.7 Å². The molecule has 0 aliphatic carbocycles. The molecule has 0 fully saturated rings. The van der Waals surface area contributed by atoms with Crippen LogP contribution in [0.25, 0.3) is 11.0 Å². The van der Waals surface area contributed by atoms with Crippen LogP contribution < -0.4 is 5.63 Å².